The summed E-state index contributed by atoms with van der Waals surface area (Å²) in [6.45, 7) is 5.52. The molecule has 0 fully saturated rings. The van der Waals surface area contributed by atoms with Crippen LogP contribution in [0.25, 0.3) is 10.9 Å². The minimum atomic E-state index is -0.897. The van der Waals surface area contributed by atoms with Crippen molar-refractivity contribution in [2.45, 2.75) is 6.92 Å². The van der Waals surface area contributed by atoms with Crippen LogP contribution in [-0.4, -0.2) is 28.9 Å². The van der Waals surface area contributed by atoms with Gasteiger partial charge in [0, 0.05) is 26.6 Å². The Bertz CT molecular complexity index is 1170. The van der Waals surface area contributed by atoms with Gasteiger partial charge in [-0.2, -0.15) is 0 Å². The van der Waals surface area contributed by atoms with Crippen LogP contribution in [0.2, 0.25) is 0 Å². The van der Waals surface area contributed by atoms with Gasteiger partial charge in [0.2, 0.25) is 0 Å². The minimum Gasteiger partial charge on any atom is -0.344 e. The van der Waals surface area contributed by atoms with E-state index in [2.05, 4.69) is 54.5 Å². The van der Waals surface area contributed by atoms with Gasteiger partial charge in [0.05, 0.1) is 5.52 Å². The normalized spacial score (nSPS) is 10.5. The Hall–Kier alpha value is -2.91. The lowest BCUT2D eigenvalue weighted by atomic mass is 10.2. The number of amides is 3. The van der Waals surface area contributed by atoms with Gasteiger partial charge >= 0.3 is 11.8 Å². The Morgan fingerprint density at radius 2 is 1.73 bits per heavy atom. The summed E-state index contributed by atoms with van der Waals surface area (Å²) in [4.78, 5) is 37.3. The van der Waals surface area contributed by atoms with Gasteiger partial charge in [0.15, 0.2) is 0 Å². The molecule has 3 rings (SSSR count). The lowest BCUT2D eigenvalue weighted by Crippen LogP contribution is -2.39. The molecule has 9 heteroatoms. The quantitative estimate of drug-likeness (QED) is 0.340. The smallest absolute Gasteiger partial charge is 0.328 e. The molecular weight excluding hydrogens is 516 g/mol. The molecule has 7 nitrogen and oxygen atoms in total. The molecule has 0 aliphatic carbocycles. The van der Waals surface area contributed by atoms with Gasteiger partial charge in [-0.05, 0) is 55.0 Å². The molecular formula is C21H18Br2N4O3. The zero-order valence-electron chi connectivity index (χ0n) is 16.0. The summed E-state index contributed by atoms with van der Waals surface area (Å²) >= 11 is 6.80. The average molecular weight is 534 g/mol. The number of aryl methyl sites for hydroxylation is 1. The third-order valence-electron chi connectivity index (χ3n) is 4.26. The maximum absolute atomic E-state index is 13.0. The Morgan fingerprint density at radius 1 is 1.03 bits per heavy atom. The van der Waals surface area contributed by atoms with Crippen LogP contribution in [0.1, 0.15) is 16.1 Å². The molecule has 3 amide bonds. The predicted octanol–water partition coefficient (Wildman–Crippen LogP) is 4.10. The summed E-state index contributed by atoms with van der Waals surface area (Å²) < 4.78 is 3.02. The first kappa shape index (κ1) is 21.8. The van der Waals surface area contributed by atoms with Crippen molar-refractivity contribution in [2.75, 3.05) is 17.3 Å². The van der Waals surface area contributed by atoms with E-state index >= 15 is 0 Å². The molecule has 0 radical (unpaired) electrons. The molecule has 0 saturated carbocycles. The molecule has 30 heavy (non-hydrogen) atoms. The van der Waals surface area contributed by atoms with Crippen LogP contribution in [0.15, 0.2) is 64.1 Å². The maximum atomic E-state index is 13.0. The Balaban J connectivity index is 1.97. The minimum absolute atomic E-state index is 0.155. The second kappa shape index (κ2) is 9.27. The molecule has 0 atom stereocenters. The number of nitrogens with zero attached hydrogens (tertiary/aromatic N) is 1. The van der Waals surface area contributed by atoms with Crippen LogP contribution in [-0.2, 0) is 9.59 Å². The van der Waals surface area contributed by atoms with Crippen molar-refractivity contribution in [3.63, 3.8) is 0 Å². The lowest BCUT2D eigenvalue weighted by molar-refractivity contribution is -0.136. The second-order valence-electron chi connectivity index (χ2n) is 6.42. The molecule has 0 aliphatic heterocycles. The van der Waals surface area contributed by atoms with Crippen molar-refractivity contribution in [3.8, 4) is 0 Å². The van der Waals surface area contributed by atoms with E-state index in [9.17, 15) is 14.4 Å². The van der Waals surface area contributed by atoms with Crippen LogP contribution < -0.4 is 16.1 Å². The molecule has 0 bridgehead atoms. The summed E-state index contributed by atoms with van der Waals surface area (Å²) in [7, 11) is 0. The van der Waals surface area contributed by atoms with Crippen molar-refractivity contribution in [1.29, 1.82) is 0 Å². The van der Waals surface area contributed by atoms with Gasteiger partial charge in [-0.25, -0.2) is 4.68 Å². The number of halogens is 2. The topological polar surface area (TPSA) is 92.2 Å². The Labute approximate surface area is 189 Å². The number of carbonyl (C=O) groups excluding carboxylic acids is 3. The summed E-state index contributed by atoms with van der Waals surface area (Å²) in [6, 6.07) is 12.5. The van der Waals surface area contributed by atoms with Crippen molar-refractivity contribution >= 4 is 66.2 Å². The van der Waals surface area contributed by atoms with Gasteiger partial charge in [-0.3, -0.25) is 19.8 Å². The van der Waals surface area contributed by atoms with E-state index in [1.807, 2.05) is 25.1 Å². The summed E-state index contributed by atoms with van der Waals surface area (Å²) in [5.41, 5.74) is 4.75. The largest absolute Gasteiger partial charge is 0.344 e. The number of hydrogen-bond acceptors (Lipinski definition) is 3. The number of anilines is 1. The van der Waals surface area contributed by atoms with Crippen LogP contribution >= 0.6 is 31.9 Å². The molecule has 0 spiro atoms. The first-order valence-electron chi connectivity index (χ1n) is 8.88. The molecule has 3 N–H and O–H groups in total. The molecule has 1 heterocycles. The Morgan fingerprint density at radius 3 is 2.43 bits per heavy atom. The third-order valence-corrected chi connectivity index (χ3v) is 5.25. The highest BCUT2D eigenvalue weighted by Gasteiger charge is 2.21. The highest BCUT2D eigenvalue weighted by molar-refractivity contribution is 9.10. The standard InChI is InChI=1S/C21H18Br2N4O3/c1-3-8-24-20(29)21(30)26-27-17-7-5-15(23)10-13(17)11-18(27)19(28)25-16-6-4-14(22)9-12(16)2/h3-7,9-11H,1,8H2,2H3,(H,24,29)(H,25,28)(H,26,30). The highest BCUT2D eigenvalue weighted by Crippen LogP contribution is 2.25. The molecule has 2 aromatic carbocycles. The number of hydrogen-bond donors (Lipinski definition) is 3. The monoisotopic (exact) mass is 532 g/mol. The predicted molar refractivity (Wildman–Crippen MR) is 124 cm³/mol. The van der Waals surface area contributed by atoms with Crippen LogP contribution in [0, 0.1) is 6.92 Å². The molecule has 1 aromatic heterocycles. The number of benzene rings is 2. The lowest BCUT2D eigenvalue weighted by Gasteiger charge is -2.13. The summed E-state index contributed by atoms with van der Waals surface area (Å²) in [6.07, 6.45) is 1.47. The molecule has 0 unspecified atom stereocenters. The summed E-state index contributed by atoms with van der Waals surface area (Å²) in [5.74, 6) is -2.16. The zero-order chi connectivity index (χ0) is 21.8. The van der Waals surface area contributed by atoms with Gasteiger partial charge < -0.3 is 10.6 Å². The number of aromatic nitrogens is 1. The second-order valence-corrected chi connectivity index (χ2v) is 8.25. The Kier molecular flexibility index (Phi) is 6.73. The van der Waals surface area contributed by atoms with Gasteiger partial charge in [0.1, 0.15) is 5.69 Å². The third kappa shape index (κ3) is 4.80. The first-order chi connectivity index (χ1) is 14.3. The maximum Gasteiger partial charge on any atom is 0.328 e. The van der Waals surface area contributed by atoms with Crippen molar-refractivity contribution in [1.82, 2.24) is 9.99 Å². The first-order valence-corrected chi connectivity index (χ1v) is 10.5. The van der Waals surface area contributed by atoms with E-state index in [4.69, 9.17) is 0 Å². The van der Waals surface area contributed by atoms with Crippen LogP contribution in [0.5, 0.6) is 0 Å². The van der Waals surface area contributed by atoms with Crippen LogP contribution in [0.3, 0.4) is 0 Å². The number of rotatable bonds is 5. The number of fused-ring (bicyclic) bond motifs is 1. The summed E-state index contributed by atoms with van der Waals surface area (Å²) in [5, 5.41) is 5.97. The van der Waals surface area contributed by atoms with E-state index in [1.54, 1.807) is 24.3 Å². The fourth-order valence-electron chi connectivity index (χ4n) is 2.82. The van der Waals surface area contributed by atoms with Crippen molar-refractivity contribution in [3.05, 3.63) is 75.3 Å². The molecule has 3 aromatic rings. The zero-order valence-corrected chi connectivity index (χ0v) is 19.1. The van der Waals surface area contributed by atoms with Gasteiger partial charge in [-0.1, -0.05) is 37.9 Å². The average Bonchev–Trinajstić information content (AvgIpc) is 3.05. The fourth-order valence-corrected chi connectivity index (χ4v) is 3.68. The van der Waals surface area contributed by atoms with E-state index in [1.165, 1.54) is 10.8 Å². The fraction of sp³-hybridized carbons (Fsp3) is 0.0952. The van der Waals surface area contributed by atoms with E-state index in [0.717, 1.165) is 14.5 Å². The van der Waals surface area contributed by atoms with E-state index in [-0.39, 0.29) is 12.2 Å². The highest BCUT2D eigenvalue weighted by atomic mass is 79.9. The van der Waals surface area contributed by atoms with Gasteiger partial charge in [0.25, 0.3) is 5.91 Å². The molecule has 0 aliphatic rings. The van der Waals surface area contributed by atoms with E-state index in [0.29, 0.717) is 16.6 Å². The molecule has 0 saturated heterocycles. The van der Waals surface area contributed by atoms with Crippen molar-refractivity contribution in [2.24, 2.45) is 0 Å². The number of carbonyl (C=O) groups is 3. The van der Waals surface area contributed by atoms with E-state index < -0.39 is 17.7 Å². The number of nitrogens with one attached hydrogen (secondary N) is 3. The molecule has 154 valence electrons. The van der Waals surface area contributed by atoms with Crippen LogP contribution in [0.4, 0.5) is 5.69 Å². The van der Waals surface area contributed by atoms with Crippen molar-refractivity contribution < 1.29 is 14.4 Å². The van der Waals surface area contributed by atoms with Gasteiger partial charge in [-0.15, -0.1) is 6.58 Å². The SMILES string of the molecule is C=CCNC(=O)C(=O)Nn1c(C(=O)Nc2ccc(Br)cc2C)cc2cc(Br)ccc21.